The average Bonchev–Trinajstić information content (AvgIpc) is 2.24. The molecule has 0 radical (unpaired) electrons. The lowest BCUT2D eigenvalue weighted by Crippen LogP contribution is -2.43. The number of thioether (sulfide) groups is 1. The smallest absolute Gasteiger partial charge is 0.225 e. The van der Waals surface area contributed by atoms with Gasteiger partial charge in [-0.25, -0.2) is 0 Å². The van der Waals surface area contributed by atoms with Gasteiger partial charge in [0.15, 0.2) is 0 Å². The summed E-state index contributed by atoms with van der Waals surface area (Å²) in [6, 6.07) is 0. The van der Waals surface area contributed by atoms with E-state index in [0.717, 1.165) is 31.7 Å². The predicted octanol–water partition coefficient (Wildman–Crippen LogP) is 1.33. The van der Waals surface area contributed by atoms with Gasteiger partial charge in [0.25, 0.3) is 0 Å². The van der Waals surface area contributed by atoms with Gasteiger partial charge in [-0.05, 0) is 19.4 Å². The minimum atomic E-state index is 0.142. The minimum Gasteiger partial charge on any atom is -0.341 e. The molecule has 0 bridgehead atoms. The van der Waals surface area contributed by atoms with Crippen molar-refractivity contribution in [2.45, 2.75) is 31.9 Å². The Balaban J connectivity index is 2.37. The number of hydrogen-bond donors (Lipinski definition) is 1. The summed E-state index contributed by atoms with van der Waals surface area (Å²) in [6.07, 6.45) is 1.87. The zero-order valence-electron chi connectivity index (χ0n) is 9.74. The highest BCUT2D eigenvalue weighted by molar-refractivity contribution is 7.99. The number of rotatable bonds is 4. The summed E-state index contributed by atoms with van der Waals surface area (Å²) < 4.78 is 0. The molecule has 0 saturated carbocycles. The Morgan fingerprint density at radius 2 is 2.40 bits per heavy atom. The van der Waals surface area contributed by atoms with Gasteiger partial charge in [0, 0.05) is 30.0 Å². The molecule has 1 amide bonds. The van der Waals surface area contributed by atoms with E-state index in [1.54, 1.807) is 0 Å². The minimum absolute atomic E-state index is 0.142. The first kappa shape index (κ1) is 12.8. The van der Waals surface area contributed by atoms with E-state index in [0.29, 0.717) is 17.7 Å². The Kier molecular flexibility index (Phi) is 5.47. The van der Waals surface area contributed by atoms with Crippen LogP contribution < -0.4 is 5.73 Å². The van der Waals surface area contributed by atoms with Crippen molar-refractivity contribution in [2.24, 2.45) is 11.7 Å². The Labute approximate surface area is 96.8 Å². The zero-order chi connectivity index (χ0) is 11.3. The molecule has 0 aromatic heterocycles. The van der Waals surface area contributed by atoms with Crippen LogP contribution in [0.1, 0.15) is 26.7 Å². The number of carbonyl (C=O) groups is 1. The van der Waals surface area contributed by atoms with E-state index in [-0.39, 0.29) is 5.92 Å². The molecule has 1 aliphatic heterocycles. The summed E-state index contributed by atoms with van der Waals surface area (Å²) in [5, 5.41) is 0.587. The first-order chi connectivity index (χ1) is 7.15. The molecule has 3 nitrogen and oxygen atoms in total. The molecular weight excluding hydrogens is 208 g/mol. The summed E-state index contributed by atoms with van der Waals surface area (Å²) >= 11 is 1.95. The van der Waals surface area contributed by atoms with E-state index in [4.69, 9.17) is 5.73 Å². The van der Waals surface area contributed by atoms with E-state index in [9.17, 15) is 4.79 Å². The lowest BCUT2D eigenvalue weighted by molar-refractivity contribution is -0.135. The lowest BCUT2D eigenvalue weighted by Gasteiger charge is -2.32. The molecular formula is C11H22N2OS. The van der Waals surface area contributed by atoms with Gasteiger partial charge >= 0.3 is 0 Å². The fraction of sp³-hybridized carbons (Fsp3) is 0.909. The third-order valence-electron chi connectivity index (χ3n) is 2.82. The highest BCUT2D eigenvalue weighted by Crippen LogP contribution is 2.20. The van der Waals surface area contributed by atoms with Crippen molar-refractivity contribution >= 4 is 17.7 Å². The SMILES string of the molecule is CC1CN(C(=O)C(C)CCCN)CCS1. The first-order valence-electron chi connectivity index (χ1n) is 5.75. The molecule has 15 heavy (non-hydrogen) atoms. The predicted molar refractivity (Wildman–Crippen MR) is 66.0 cm³/mol. The molecule has 2 atom stereocenters. The van der Waals surface area contributed by atoms with Gasteiger partial charge in [0.2, 0.25) is 5.91 Å². The number of amides is 1. The van der Waals surface area contributed by atoms with Crippen LogP contribution in [0.15, 0.2) is 0 Å². The Morgan fingerprint density at radius 1 is 1.67 bits per heavy atom. The second-order valence-corrected chi connectivity index (χ2v) is 5.84. The maximum atomic E-state index is 12.0. The van der Waals surface area contributed by atoms with E-state index >= 15 is 0 Å². The quantitative estimate of drug-likeness (QED) is 0.792. The van der Waals surface area contributed by atoms with Crippen LogP contribution in [0.4, 0.5) is 0 Å². The molecule has 2 N–H and O–H groups in total. The fourth-order valence-corrected chi connectivity index (χ4v) is 2.89. The van der Waals surface area contributed by atoms with Crippen molar-refractivity contribution < 1.29 is 4.79 Å². The van der Waals surface area contributed by atoms with E-state index in [1.807, 2.05) is 23.6 Å². The second kappa shape index (κ2) is 6.38. The Bertz CT molecular complexity index is 211. The molecule has 2 unspecified atom stereocenters. The molecule has 0 aromatic carbocycles. The summed E-state index contributed by atoms with van der Waals surface area (Å²) in [6.45, 7) is 6.72. The lowest BCUT2D eigenvalue weighted by atomic mass is 10.0. The van der Waals surface area contributed by atoms with Crippen molar-refractivity contribution in [1.82, 2.24) is 4.90 Å². The van der Waals surface area contributed by atoms with E-state index < -0.39 is 0 Å². The molecule has 0 aromatic rings. The number of hydrogen-bond acceptors (Lipinski definition) is 3. The molecule has 1 rings (SSSR count). The van der Waals surface area contributed by atoms with Gasteiger partial charge < -0.3 is 10.6 Å². The van der Waals surface area contributed by atoms with E-state index in [2.05, 4.69) is 6.92 Å². The summed E-state index contributed by atoms with van der Waals surface area (Å²) in [4.78, 5) is 14.0. The van der Waals surface area contributed by atoms with E-state index in [1.165, 1.54) is 0 Å². The largest absolute Gasteiger partial charge is 0.341 e. The maximum Gasteiger partial charge on any atom is 0.225 e. The van der Waals surface area contributed by atoms with Crippen LogP contribution in [0.5, 0.6) is 0 Å². The molecule has 1 fully saturated rings. The highest BCUT2D eigenvalue weighted by atomic mass is 32.2. The van der Waals surface area contributed by atoms with Gasteiger partial charge in [0.05, 0.1) is 0 Å². The van der Waals surface area contributed by atoms with Gasteiger partial charge in [-0.1, -0.05) is 13.8 Å². The molecule has 88 valence electrons. The van der Waals surface area contributed by atoms with Crippen LogP contribution in [0.3, 0.4) is 0 Å². The maximum absolute atomic E-state index is 12.0. The molecule has 0 spiro atoms. The second-order valence-electron chi connectivity index (χ2n) is 4.30. The Hall–Kier alpha value is -0.220. The topological polar surface area (TPSA) is 46.3 Å². The molecule has 4 heteroatoms. The fourth-order valence-electron chi connectivity index (χ4n) is 1.88. The monoisotopic (exact) mass is 230 g/mol. The van der Waals surface area contributed by atoms with Gasteiger partial charge in [-0.15, -0.1) is 0 Å². The van der Waals surface area contributed by atoms with Crippen LogP contribution >= 0.6 is 11.8 Å². The van der Waals surface area contributed by atoms with Crippen molar-refractivity contribution in [3.05, 3.63) is 0 Å². The van der Waals surface area contributed by atoms with Crippen LogP contribution in [0, 0.1) is 5.92 Å². The van der Waals surface area contributed by atoms with Crippen molar-refractivity contribution in [2.75, 3.05) is 25.4 Å². The number of nitrogens with two attached hydrogens (primary N) is 1. The molecule has 1 saturated heterocycles. The van der Waals surface area contributed by atoms with Crippen molar-refractivity contribution in [3.8, 4) is 0 Å². The first-order valence-corrected chi connectivity index (χ1v) is 6.80. The average molecular weight is 230 g/mol. The zero-order valence-corrected chi connectivity index (χ0v) is 10.6. The Morgan fingerprint density at radius 3 is 3.00 bits per heavy atom. The van der Waals surface area contributed by atoms with Crippen molar-refractivity contribution in [1.29, 1.82) is 0 Å². The normalized spacial score (nSPS) is 23.9. The summed E-state index contributed by atoms with van der Waals surface area (Å²) in [5.41, 5.74) is 5.45. The van der Waals surface area contributed by atoms with Crippen molar-refractivity contribution in [3.63, 3.8) is 0 Å². The number of carbonyl (C=O) groups excluding carboxylic acids is 1. The standard InChI is InChI=1S/C11H22N2OS/c1-9(4-3-5-12)11(14)13-6-7-15-10(2)8-13/h9-10H,3-8,12H2,1-2H3. The molecule has 1 aliphatic rings. The third-order valence-corrected chi connectivity index (χ3v) is 3.95. The van der Waals surface area contributed by atoms with Gasteiger partial charge in [-0.3, -0.25) is 4.79 Å². The molecule has 1 heterocycles. The summed E-state index contributed by atoms with van der Waals surface area (Å²) in [7, 11) is 0. The molecule has 0 aliphatic carbocycles. The van der Waals surface area contributed by atoms with Crippen LogP contribution in [0.2, 0.25) is 0 Å². The van der Waals surface area contributed by atoms with Gasteiger partial charge in [0.1, 0.15) is 0 Å². The van der Waals surface area contributed by atoms with Crippen LogP contribution in [-0.4, -0.2) is 41.4 Å². The van der Waals surface area contributed by atoms with Crippen LogP contribution in [-0.2, 0) is 4.79 Å². The highest BCUT2D eigenvalue weighted by Gasteiger charge is 2.24. The number of nitrogens with zero attached hydrogens (tertiary/aromatic N) is 1. The van der Waals surface area contributed by atoms with Crippen LogP contribution in [0.25, 0.3) is 0 Å². The summed E-state index contributed by atoms with van der Waals surface area (Å²) in [5.74, 6) is 1.54. The van der Waals surface area contributed by atoms with Gasteiger partial charge in [-0.2, -0.15) is 11.8 Å². The third kappa shape index (κ3) is 4.03.